The number of benzene rings is 1. The molecule has 4 aliphatic rings. The van der Waals surface area contributed by atoms with Crippen molar-refractivity contribution >= 4 is 35.7 Å². The summed E-state index contributed by atoms with van der Waals surface area (Å²) in [4.78, 5) is 78.1. The monoisotopic (exact) mass is 723 g/mol. The maximum atomic E-state index is 13.9. The fraction of sp³-hybridized carbons (Fsp3) is 0.474. The first-order valence-corrected chi connectivity index (χ1v) is 16.8. The highest BCUT2D eigenvalue weighted by molar-refractivity contribution is 6.30. The number of Topliss-reactive ketones (excluding diaryl/α,β-unsaturated/α-hetero) is 2. The van der Waals surface area contributed by atoms with E-state index >= 15 is 0 Å². The summed E-state index contributed by atoms with van der Waals surface area (Å²) in [7, 11) is 1.41. The van der Waals surface area contributed by atoms with Crippen LogP contribution in [0.5, 0.6) is 11.5 Å². The van der Waals surface area contributed by atoms with E-state index in [-0.39, 0.29) is 34.5 Å². The van der Waals surface area contributed by atoms with Crippen molar-refractivity contribution in [2.45, 2.75) is 85.6 Å². The van der Waals surface area contributed by atoms with Gasteiger partial charge < -0.3 is 39.2 Å². The molecule has 52 heavy (non-hydrogen) atoms. The molecule has 14 heteroatoms. The van der Waals surface area contributed by atoms with Crippen LogP contribution >= 0.6 is 0 Å². The smallest absolute Gasteiger partial charge is 0.312 e. The number of ether oxygens (including phenoxy) is 5. The topological polar surface area (TPSA) is 201 Å². The van der Waals surface area contributed by atoms with Crippen LogP contribution in [-0.4, -0.2) is 83.2 Å². The quantitative estimate of drug-likeness (QED) is 0.299. The number of amides is 1. The molecule has 3 heterocycles. The molecule has 0 aromatic heterocycles. The molecule has 3 N–H and O–H groups in total. The number of aliphatic hydroxyl groups excluding tert-OH is 1. The van der Waals surface area contributed by atoms with Gasteiger partial charge in [0.2, 0.25) is 5.78 Å². The number of carbonyl (C=O) groups excluding carboxylic acids is 6. The number of phenolic OH excluding ortho intramolecular Hbond substituents is 1. The van der Waals surface area contributed by atoms with Gasteiger partial charge in [0.25, 0.3) is 18.2 Å². The van der Waals surface area contributed by atoms with Crippen molar-refractivity contribution in [1.82, 2.24) is 5.32 Å². The largest absolute Gasteiger partial charge is 0.507 e. The summed E-state index contributed by atoms with van der Waals surface area (Å²) >= 11 is 0. The predicted molar refractivity (Wildman–Crippen MR) is 184 cm³/mol. The second-order valence-electron chi connectivity index (χ2n) is 13.6. The summed E-state index contributed by atoms with van der Waals surface area (Å²) in [5, 5.41) is 25.1. The van der Waals surface area contributed by atoms with Gasteiger partial charge in [-0.15, -0.1) is 0 Å². The molecule has 3 aliphatic heterocycles. The standard InChI is InChI=1S/C38H45NO13/c1-17-11-10-12-18(2)37(47)39-24-15-25(42)27-28(32(24)45)31(44)22(6)35-29(27)36(46)38(8,52-35)50-14-13-26(48-9)19(3)34(51-23(7)41)21(5)30(43)20(4)33(17)49-16-40/h10-17,19-21,26,30,33-34,43-44H,1-9H3,(H,39,47)/b11-10+,14-13-,18-12-/t17-,19+,20+,21-,26+,30-,33+,34+,38-/m0/s1. The molecule has 1 aromatic carbocycles. The number of hydrogen-bond acceptors (Lipinski definition) is 13. The molecule has 14 nitrogen and oxygen atoms in total. The SMILES string of the molecule is CO[C@@H]1/C=C\O[C@@]2(C)Oc3c(C)c(O)c4c(c3C2=O)C(=O)C=C(NC(=O)/C(C)=C\C=C\[C@H](C)[C@@H](OC=O)[C@H](C)[C@H](O)[C@H](C)[C@H](OC(C)=O)[C@@H]1C)C4=O. The Morgan fingerprint density at radius 2 is 1.63 bits per heavy atom. The Labute approximate surface area is 301 Å². The Kier molecular flexibility index (Phi) is 12.0. The molecular weight excluding hydrogens is 678 g/mol. The van der Waals surface area contributed by atoms with Crippen molar-refractivity contribution in [3.8, 4) is 11.5 Å². The summed E-state index contributed by atoms with van der Waals surface area (Å²) in [6.45, 7) is 12.6. The van der Waals surface area contributed by atoms with Gasteiger partial charge in [0.15, 0.2) is 5.78 Å². The highest BCUT2D eigenvalue weighted by Crippen LogP contribution is 2.48. The van der Waals surface area contributed by atoms with Gasteiger partial charge in [0, 0.05) is 61.8 Å². The normalized spacial score (nSPS) is 33.4. The second kappa shape index (κ2) is 15.7. The van der Waals surface area contributed by atoms with Crippen molar-refractivity contribution in [3.63, 3.8) is 0 Å². The Bertz CT molecular complexity index is 1790. The fourth-order valence-electron chi connectivity index (χ4n) is 6.92. The number of methoxy groups -OCH3 is 1. The lowest BCUT2D eigenvalue weighted by atomic mass is 9.78. The first-order chi connectivity index (χ1) is 24.4. The Morgan fingerprint density at radius 1 is 0.981 bits per heavy atom. The summed E-state index contributed by atoms with van der Waals surface area (Å²) in [5.74, 6) is -9.14. The molecule has 0 radical (unpaired) electrons. The maximum Gasteiger partial charge on any atom is 0.312 e. The van der Waals surface area contributed by atoms with Crippen molar-refractivity contribution in [1.29, 1.82) is 0 Å². The third kappa shape index (κ3) is 7.44. The minimum absolute atomic E-state index is 0.000707. The van der Waals surface area contributed by atoms with Crippen LogP contribution in [-0.2, 0) is 33.3 Å². The molecule has 1 aromatic rings. The molecule has 280 valence electrons. The van der Waals surface area contributed by atoms with E-state index in [1.54, 1.807) is 39.8 Å². The van der Waals surface area contributed by atoms with Gasteiger partial charge in [-0.3, -0.25) is 28.8 Å². The van der Waals surface area contributed by atoms with Crippen molar-refractivity contribution in [3.05, 3.63) is 70.2 Å². The van der Waals surface area contributed by atoms with Gasteiger partial charge in [0.1, 0.15) is 23.7 Å². The number of phenols is 1. The number of nitrogens with one attached hydrogen (secondary N) is 1. The van der Waals surface area contributed by atoms with Gasteiger partial charge in [0.05, 0.1) is 40.9 Å². The number of aliphatic hydroxyl groups is 1. The number of fused-ring (bicyclic) bond motifs is 14. The number of hydrogen-bond donors (Lipinski definition) is 3. The number of esters is 1. The first-order valence-electron chi connectivity index (χ1n) is 16.8. The number of carbonyl (C=O) groups is 6. The van der Waals surface area contributed by atoms with Crippen LogP contribution in [0.2, 0.25) is 0 Å². The van der Waals surface area contributed by atoms with Crippen molar-refractivity contribution in [2.24, 2.45) is 23.7 Å². The van der Waals surface area contributed by atoms with Crippen molar-refractivity contribution in [2.75, 3.05) is 7.11 Å². The average molecular weight is 724 g/mol. The summed E-state index contributed by atoms with van der Waals surface area (Å²) in [6, 6.07) is 0. The van der Waals surface area contributed by atoms with Crippen LogP contribution in [0.15, 0.2) is 47.9 Å². The van der Waals surface area contributed by atoms with Crippen LogP contribution in [0.3, 0.4) is 0 Å². The second-order valence-corrected chi connectivity index (χ2v) is 13.6. The van der Waals surface area contributed by atoms with E-state index in [1.807, 2.05) is 0 Å². The van der Waals surface area contributed by atoms with Crippen LogP contribution in [0.25, 0.3) is 0 Å². The minimum atomic E-state index is -2.05. The Morgan fingerprint density at radius 3 is 2.25 bits per heavy atom. The molecule has 0 unspecified atom stereocenters. The number of ketones is 3. The van der Waals surface area contributed by atoms with E-state index in [2.05, 4.69) is 5.32 Å². The molecule has 1 aliphatic carbocycles. The van der Waals surface area contributed by atoms with Gasteiger partial charge in [-0.05, 0) is 19.9 Å². The lowest BCUT2D eigenvalue weighted by Crippen LogP contribution is -2.47. The molecule has 9 atom stereocenters. The number of rotatable bonds is 4. The van der Waals surface area contributed by atoms with Gasteiger partial charge in [-0.25, -0.2) is 0 Å². The zero-order valence-electron chi connectivity index (χ0n) is 30.5. The molecule has 5 rings (SSSR count). The lowest BCUT2D eigenvalue weighted by molar-refractivity contribution is -0.162. The molecular formula is C38H45NO13. The predicted octanol–water partition coefficient (Wildman–Crippen LogP) is 3.81. The van der Waals surface area contributed by atoms with E-state index in [9.17, 15) is 39.0 Å². The highest BCUT2D eigenvalue weighted by Gasteiger charge is 2.51. The summed E-state index contributed by atoms with van der Waals surface area (Å²) < 4.78 is 28.6. The molecule has 1 amide bonds. The molecule has 5 bridgehead atoms. The van der Waals surface area contributed by atoms with Crippen LogP contribution in [0, 0.1) is 30.6 Å². The minimum Gasteiger partial charge on any atom is -0.507 e. The van der Waals surface area contributed by atoms with Gasteiger partial charge in [-0.1, -0.05) is 45.9 Å². The van der Waals surface area contributed by atoms with Crippen molar-refractivity contribution < 1.29 is 62.7 Å². The fourth-order valence-corrected chi connectivity index (χ4v) is 6.92. The zero-order valence-corrected chi connectivity index (χ0v) is 30.5. The van der Waals surface area contributed by atoms with E-state index in [0.717, 1.165) is 12.3 Å². The molecule has 0 spiro atoms. The van der Waals surface area contributed by atoms with Crippen LogP contribution in [0.1, 0.15) is 85.1 Å². The maximum absolute atomic E-state index is 13.9. The van der Waals surface area contributed by atoms with Crippen LogP contribution < -0.4 is 10.1 Å². The van der Waals surface area contributed by atoms with E-state index < -0.39 is 100 Å². The molecule has 0 fully saturated rings. The third-order valence-electron chi connectivity index (χ3n) is 9.97. The zero-order chi connectivity index (χ0) is 38.8. The Balaban J connectivity index is 1.85. The van der Waals surface area contributed by atoms with Crippen LogP contribution in [0.4, 0.5) is 0 Å². The number of allylic oxidation sites excluding steroid dienone is 4. The average Bonchev–Trinajstić information content (AvgIpc) is 3.36. The first kappa shape index (κ1) is 39.7. The third-order valence-corrected chi connectivity index (χ3v) is 9.97. The summed E-state index contributed by atoms with van der Waals surface area (Å²) in [6.07, 6.45) is 4.40. The summed E-state index contributed by atoms with van der Waals surface area (Å²) in [5.41, 5.74) is -1.39. The van der Waals surface area contributed by atoms with Gasteiger partial charge in [-0.2, -0.15) is 0 Å². The molecule has 0 saturated heterocycles. The lowest BCUT2D eigenvalue weighted by Gasteiger charge is -2.38. The number of aromatic hydroxyl groups is 1. The van der Waals surface area contributed by atoms with E-state index in [0.29, 0.717) is 0 Å². The van der Waals surface area contributed by atoms with E-state index in [1.165, 1.54) is 47.0 Å². The van der Waals surface area contributed by atoms with E-state index in [4.69, 9.17) is 23.7 Å². The van der Waals surface area contributed by atoms with Gasteiger partial charge >= 0.3 is 11.8 Å². The molecule has 0 saturated carbocycles. The highest BCUT2D eigenvalue weighted by atomic mass is 16.7. The Hall–Kier alpha value is -5.08.